The molecule has 0 aromatic heterocycles. The van der Waals surface area contributed by atoms with Gasteiger partial charge in [-0.3, -0.25) is 4.79 Å². The minimum Gasteiger partial charge on any atom is -0.481 e. The number of carbonyl (C=O) groups excluding carboxylic acids is 1. The van der Waals surface area contributed by atoms with Crippen LogP contribution in [0, 0.1) is 0 Å². The fourth-order valence-electron chi connectivity index (χ4n) is 2.07. The Morgan fingerprint density at radius 3 is 2.58 bits per heavy atom. The molecule has 1 heterocycles. The summed E-state index contributed by atoms with van der Waals surface area (Å²) in [4.78, 5) is 14.2. The van der Waals surface area contributed by atoms with Crippen LogP contribution in [0.5, 0.6) is 5.75 Å². The molecule has 104 valence electrons. The van der Waals surface area contributed by atoms with Crippen LogP contribution in [0.25, 0.3) is 0 Å². The third kappa shape index (κ3) is 3.94. The van der Waals surface area contributed by atoms with E-state index in [2.05, 4.69) is 21.2 Å². The second-order valence-corrected chi connectivity index (χ2v) is 5.46. The molecule has 0 aliphatic carbocycles. The van der Waals surface area contributed by atoms with Gasteiger partial charge in [0.15, 0.2) is 6.10 Å². The molecule has 1 aromatic carbocycles. The van der Waals surface area contributed by atoms with Gasteiger partial charge in [-0.05, 0) is 30.7 Å². The lowest BCUT2D eigenvalue weighted by atomic mass is 10.2. The number of nitrogens with zero attached hydrogens (tertiary/aromatic N) is 1. The highest BCUT2D eigenvalue weighted by Gasteiger charge is 2.25. The Morgan fingerprint density at radius 1 is 1.37 bits per heavy atom. The predicted octanol–water partition coefficient (Wildman–Crippen LogP) is 2.04. The molecule has 1 unspecified atom stereocenters. The monoisotopic (exact) mass is 326 g/mol. The fraction of sp³-hybridized carbons (Fsp3) is 0.500. The van der Waals surface area contributed by atoms with E-state index in [1.54, 1.807) is 0 Å². The molecule has 5 heteroatoms. The lowest BCUT2D eigenvalue weighted by Gasteiger charge is -2.30. The molecule has 1 atom stereocenters. The summed E-state index contributed by atoms with van der Waals surface area (Å²) >= 11 is 3.38. The van der Waals surface area contributed by atoms with Gasteiger partial charge >= 0.3 is 0 Å². The van der Waals surface area contributed by atoms with Crippen LogP contribution < -0.4 is 10.1 Å². The number of hydrogen-bond donors (Lipinski definition) is 1. The van der Waals surface area contributed by atoms with E-state index in [4.69, 9.17) is 4.74 Å². The molecule has 1 saturated heterocycles. The van der Waals surface area contributed by atoms with E-state index < -0.39 is 0 Å². The normalized spacial score (nSPS) is 17.1. The van der Waals surface area contributed by atoms with Crippen LogP contribution in [-0.4, -0.2) is 43.1 Å². The first-order chi connectivity index (χ1) is 9.20. The van der Waals surface area contributed by atoms with Gasteiger partial charge in [0.1, 0.15) is 5.75 Å². The molecule has 1 amide bonds. The van der Waals surface area contributed by atoms with E-state index >= 15 is 0 Å². The van der Waals surface area contributed by atoms with Crippen LogP contribution >= 0.6 is 15.9 Å². The van der Waals surface area contributed by atoms with Gasteiger partial charge in [-0.2, -0.15) is 0 Å². The SMILES string of the molecule is CCC(Oc1ccc(Br)cc1)C(=O)N1CCNCC1. The number of halogens is 1. The van der Waals surface area contributed by atoms with Crippen LogP contribution in [0.2, 0.25) is 0 Å². The third-order valence-electron chi connectivity index (χ3n) is 3.17. The van der Waals surface area contributed by atoms with Crippen molar-refractivity contribution in [3.05, 3.63) is 28.7 Å². The second kappa shape index (κ2) is 6.91. The molecular formula is C14H19BrN2O2. The maximum Gasteiger partial charge on any atom is 0.263 e. The van der Waals surface area contributed by atoms with E-state index in [0.717, 1.165) is 36.4 Å². The summed E-state index contributed by atoms with van der Waals surface area (Å²) in [6.45, 7) is 5.22. The van der Waals surface area contributed by atoms with Crippen LogP contribution in [0.4, 0.5) is 0 Å². The molecule has 2 rings (SSSR count). The van der Waals surface area contributed by atoms with Gasteiger partial charge in [-0.1, -0.05) is 22.9 Å². The lowest BCUT2D eigenvalue weighted by Crippen LogP contribution is -2.50. The van der Waals surface area contributed by atoms with Crippen molar-refractivity contribution < 1.29 is 9.53 Å². The quantitative estimate of drug-likeness (QED) is 0.920. The Balaban J connectivity index is 1.98. The highest BCUT2D eigenvalue weighted by Crippen LogP contribution is 2.19. The zero-order valence-corrected chi connectivity index (χ0v) is 12.6. The molecule has 1 N–H and O–H groups in total. The third-order valence-corrected chi connectivity index (χ3v) is 3.70. The van der Waals surface area contributed by atoms with Gasteiger partial charge in [0, 0.05) is 30.7 Å². The predicted molar refractivity (Wildman–Crippen MR) is 78.3 cm³/mol. The number of rotatable bonds is 4. The molecule has 1 aliphatic heterocycles. The van der Waals surface area contributed by atoms with E-state index in [1.165, 1.54) is 0 Å². The number of benzene rings is 1. The number of amides is 1. The minimum absolute atomic E-state index is 0.0897. The maximum absolute atomic E-state index is 12.4. The van der Waals surface area contributed by atoms with Crippen molar-refractivity contribution in [2.45, 2.75) is 19.4 Å². The fourth-order valence-corrected chi connectivity index (χ4v) is 2.34. The van der Waals surface area contributed by atoms with Gasteiger partial charge < -0.3 is 15.0 Å². The first kappa shape index (κ1) is 14.3. The summed E-state index contributed by atoms with van der Waals surface area (Å²) in [5, 5.41) is 3.24. The first-order valence-corrected chi connectivity index (χ1v) is 7.41. The molecule has 0 spiro atoms. The van der Waals surface area contributed by atoms with Crippen LogP contribution in [0.1, 0.15) is 13.3 Å². The van der Waals surface area contributed by atoms with Crippen molar-refractivity contribution >= 4 is 21.8 Å². The average Bonchev–Trinajstić information content (AvgIpc) is 2.47. The van der Waals surface area contributed by atoms with E-state index in [0.29, 0.717) is 6.42 Å². The molecule has 1 aliphatic rings. The van der Waals surface area contributed by atoms with Crippen molar-refractivity contribution in [1.82, 2.24) is 10.2 Å². The highest BCUT2D eigenvalue weighted by molar-refractivity contribution is 9.10. The van der Waals surface area contributed by atoms with Crippen molar-refractivity contribution in [3.63, 3.8) is 0 Å². The summed E-state index contributed by atoms with van der Waals surface area (Å²) in [5.41, 5.74) is 0. The zero-order chi connectivity index (χ0) is 13.7. The number of nitrogens with one attached hydrogen (secondary N) is 1. The average molecular weight is 327 g/mol. The van der Waals surface area contributed by atoms with Crippen molar-refractivity contribution in [2.75, 3.05) is 26.2 Å². The Kier molecular flexibility index (Phi) is 5.22. The zero-order valence-electron chi connectivity index (χ0n) is 11.1. The first-order valence-electron chi connectivity index (χ1n) is 6.62. The molecule has 4 nitrogen and oxygen atoms in total. The highest BCUT2D eigenvalue weighted by atomic mass is 79.9. The summed E-state index contributed by atoms with van der Waals surface area (Å²) in [6.07, 6.45) is 0.290. The van der Waals surface area contributed by atoms with Crippen molar-refractivity contribution in [3.8, 4) is 5.75 Å². The topological polar surface area (TPSA) is 41.6 Å². The largest absolute Gasteiger partial charge is 0.481 e. The Hall–Kier alpha value is -1.07. The molecule has 0 saturated carbocycles. The standard InChI is InChI=1S/C14H19BrN2O2/c1-2-13(14(18)17-9-7-16-8-10-17)19-12-5-3-11(15)4-6-12/h3-6,13,16H,2,7-10H2,1H3. The van der Waals surface area contributed by atoms with Gasteiger partial charge in [0.05, 0.1) is 0 Å². The Morgan fingerprint density at radius 2 is 2.00 bits per heavy atom. The van der Waals surface area contributed by atoms with Gasteiger partial charge in [0.2, 0.25) is 0 Å². The van der Waals surface area contributed by atoms with Gasteiger partial charge in [-0.15, -0.1) is 0 Å². The second-order valence-electron chi connectivity index (χ2n) is 4.54. The smallest absolute Gasteiger partial charge is 0.263 e. The maximum atomic E-state index is 12.4. The lowest BCUT2D eigenvalue weighted by molar-refractivity contribution is -0.139. The van der Waals surface area contributed by atoms with Crippen molar-refractivity contribution in [2.24, 2.45) is 0 Å². The van der Waals surface area contributed by atoms with E-state index in [-0.39, 0.29) is 12.0 Å². The number of ether oxygens (including phenoxy) is 1. The van der Waals surface area contributed by atoms with E-state index in [9.17, 15) is 4.79 Å². The number of piperazine rings is 1. The molecule has 19 heavy (non-hydrogen) atoms. The molecule has 0 bridgehead atoms. The summed E-state index contributed by atoms with van der Waals surface area (Å²) in [6, 6.07) is 7.57. The Bertz CT molecular complexity index is 416. The molecule has 0 radical (unpaired) electrons. The minimum atomic E-state index is -0.390. The molecule has 1 fully saturated rings. The number of hydrogen-bond acceptors (Lipinski definition) is 3. The van der Waals surface area contributed by atoms with Gasteiger partial charge in [-0.25, -0.2) is 0 Å². The number of carbonyl (C=O) groups is 1. The summed E-state index contributed by atoms with van der Waals surface area (Å²) < 4.78 is 6.80. The molecular weight excluding hydrogens is 308 g/mol. The Labute approximate surface area is 122 Å². The van der Waals surface area contributed by atoms with E-state index in [1.807, 2.05) is 36.1 Å². The van der Waals surface area contributed by atoms with Crippen molar-refractivity contribution in [1.29, 1.82) is 0 Å². The van der Waals surface area contributed by atoms with Crippen LogP contribution in [-0.2, 0) is 4.79 Å². The summed E-state index contributed by atoms with van der Waals surface area (Å²) in [7, 11) is 0. The summed E-state index contributed by atoms with van der Waals surface area (Å²) in [5.74, 6) is 0.824. The van der Waals surface area contributed by atoms with Crippen LogP contribution in [0.15, 0.2) is 28.7 Å². The van der Waals surface area contributed by atoms with Gasteiger partial charge in [0.25, 0.3) is 5.91 Å². The molecule has 1 aromatic rings. The van der Waals surface area contributed by atoms with Crippen LogP contribution in [0.3, 0.4) is 0 Å².